The van der Waals surface area contributed by atoms with Crippen molar-refractivity contribution in [3.8, 4) is 22.5 Å². The van der Waals surface area contributed by atoms with E-state index in [2.05, 4.69) is 20.6 Å². The number of halogens is 1. The number of tetrazole rings is 1. The molecule has 0 aliphatic carbocycles. The molecule has 0 fully saturated rings. The van der Waals surface area contributed by atoms with Crippen molar-refractivity contribution in [3.05, 3.63) is 60.1 Å². The van der Waals surface area contributed by atoms with Gasteiger partial charge in [0.25, 0.3) is 0 Å². The highest BCUT2D eigenvalue weighted by molar-refractivity contribution is 7.89. The van der Waals surface area contributed by atoms with Crippen LogP contribution in [-0.4, -0.2) is 58.6 Å². The molecule has 33 heavy (non-hydrogen) atoms. The molecule has 9 nitrogen and oxygen atoms in total. The summed E-state index contributed by atoms with van der Waals surface area (Å²) in [6.45, 7) is 1.99. The molecule has 2 aromatic heterocycles. The SMILES string of the molecule is Cc1c(-c2cccc(S(=O)(=O)N(C)C)c2)c2cc(-c3nn[nH]n3)ccc2n1C/C(F)=C/CN. The number of aromatic amines is 1. The Hall–Kier alpha value is -3.41. The second-order valence-electron chi connectivity index (χ2n) is 7.72. The lowest BCUT2D eigenvalue weighted by atomic mass is 10.0. The van der Waals surface area contributed by atoms with Crippen molar-refractivity contribution in [2.75, 3.05) is 20.6 Å². The highest BCUT2D eigenvalue weighted by atomic mass is 32.2. The minimum absolute atomic E-state index is 0.0107. The number of hydrogen-bond acceptors (Lipinski definition) is 6. The van der Waals surface area contributed by atoms with E-state index in [0.29, 0.717) is 11.4 Å². The number of nitrogens with one attached hydrogen (secondary N) is 1. The predicted molar refractivity (Wildman–Crippen MR) is 124 cm³/mol. The minimum atomic E-state index is -3.63. The monoisotopic (exact) mass is 469 g/mol. The van der Waals surface area contributed by atoms with Gasteiger partial charge in [0.2, 0.25) is 15.8 Å². The normalized spacial score (nSPS) is 12.7. The Bertz CT molecular complexity index is 1440. The van der Waals surface area contributed by atoms with E-state index in [1.54, 1.807) is 18.2 Å². The number of nitrogens with zero attached hydrogens (tertiary/aromatic N) is 5. The van der Waals surface area contributed by atoms with Gasteiger partial charge in [-0.3, -0.25) is 0 Å². The highest BCUT2D eigenvalue weighted by Gasteiger charge is 2.21. The van der Waals surface area contributed by atoms with Crippen molar-refractivity contribution in [1.29, 1.82) is 0 Å². The van der Waals surface area contributed by atoms with Gasteiger partial charge in [-0.2, -0.15) is 5.21 Å². The third-order valence-electron chi connectivity index (χ3n) is 5.48. The lowest BCUT2D eigenvalue weighted by Crippen LogP contribution is -2.22. The van der Waals surface area contributed by atoms with Crippen LogP contribution in [-0.2, 0) is 16.6 Å². The van der Waals surface area contributed by atoms with Gasteiger partial charge in [0, 0.05) is 48.4 Å². The molecule has 0 radical (unpaired) electrons. The number of fused-ring (bicyclic) bond motifs is 1. The summed E-state index contributed by atoms with van der Waals surface area (Å²) in [7, 11) is -0.648. The first-order chi connectivity index (χ1) is 15.7. The predicted octanol–water partition coefficient (Wildman–Crippen LogP) is 2.86. The molecule has 0 saturated heterocycles. The molecule has 4 rings (SSSR count). The number of H-pyrrole nitrogens is 1. The maximum Gasteiger partial charge on any atom is 0.242 e. The van der Waals surface area contributed by atoms with Crippen LogP contribution in [0.4, 0.5) is 4.39 Å². The molecule has 0 bridgehead atoms. The van der Waals surface area contributed by atoms with Crippen molar-refractivity contribution >= 4 is 20.9 Å². The van der Waals surface area contributed by atoms with E-state index in [0.717, 1.165) is 27.7 Å². The highest BCUT2D eigenvalue weighted by Crippen LogP contribution is 2.38. The zero-order chi connectivity index (χ0) is 23.8. The molecule has 0 aliphatic heterocycles. The second-order valence-corrected chi connectivity index (χ2v) is 9.87. The second kappa shape index (κ2) is 8.85. The smallest absolute Gasteiger partial charge is 0.242 e. The average molecular weight is 470 g/mol. The van der Waals surface area contributed by atoms with E-state index in [1.165, 1.54) is 24.5 Å². The molecule has 2 aromatic carbocycles. The van der Waals surface area contributed by atoms with Crippen molar-refractivity contribution < 1.29 is 12.8 Å². The number of benzene rings is 2. The molecular formula is C22H24FN7O2S. The third kappa shape index (κ3) is 4.17. The van der Waals surface area contributed by atoms with Crippen LogP contribution in [0.3, 0.4) is 0 Å². The Morgan fingerprint density at radius 1 is 1.21 bits per heavy atom. The molecule has 0 spiro atoms. The zero-order valence-electron chi connectivity index (χ0n) is 18.4. The van der Waals surface area contributed by atoms with Gasteiger partial charge in [-0.25, -0.2) is 17.1 Å². The average Bonchev–Trinajstić information content (AvgIpc) is 3.41. The Balaban J connectivity index is 1.98. The summed E-state index contributed by atoms with van der Waals surface area (Å²) < 4.78 is 42.9. The topological polar surface area (TPSA) is 123 Å². The van der Waals surface area contributed by atoms with E-state index in [4.69, 9.17) is 5.73 Å². The first-order valence-electron chi connectivity index (χ1n) is 10.2. The third-order valence-corrected chi connectivity index (χ3v) is 7.29. The number of hydrogen-bond donors (Lipinski definition) is 2. The van der Waals surface area contributed by atoms with Gasteiger partial charge in [-0.1, -0.05) is 12.1 Å². The van der Waals surface area contributed by atoms with Crippen LogP contribution >= 0.6 is 0 Å². The summed E-state index contributed by atoms with van der Waals surface area (Å²) in [4.78, 5) is 0.175. The molecule has 2 heterocycles. The van der Waals surface area contributed by atoms with Crippen LogP contribution in [0, 0.1) is 6.92 Å². The van der Waals surface area contributed by atoms with Gasteiger partial charge >= 0.3 is 0 Å². The maximum absolute atomic E-state index is 14.5. The molecule has 4 aromatic rings. The summed E-state index contributed by atoms with van der Waals surface area (Å²) >= 11 is 0. The van der Waals surface area contributed by atoms with E-state index in [9.17, 15) is 12.8 Å². The molecular weight excluding hydrogens is 445 g/mol. The Labute approximate surface area is 190 Å². The molecule has 0 atom stereocenters. The first kappa shape index (κ1) is 22.8. The standard InChI is InChI=1S/C22H24FN7O2S/c1-14-21(15-5-4-6-18(11-15)33(31,32)29(2)3)19-12-16(22-25-27-28-26-22)7-8-20(19)30(14)13-17(23)9-10-24/h4-9,11-12H,10,13,24H2,1-3H3,(H,25,26,27,28)/b17-9-. The quantitative estimate of drug-likeness (QED) is 0.429. The van der Waals surface area contributed by atoms with Crippen LogP contribution in [0.25, 0.3) is 33.4 Å². The van der Waals surface area contributed by atoms with Crippen molar-refractivity contribution in [2.24, 2.45) is 5.73 Å². The molecule has 0 saturated carbocycles. The van der Waals surface area contributed by atoms with Crippen LogP contribution < -0.4 is 5.73 Å². The minimum Gasteiger partial charge on any atom is -0.337 e. The van der Waals surface area contributed by atoms with Crippen molar-refractivity contribution in [2.45, 2.75) is 18.4 Å². The summed E-state index contributed by atoms with van der Waals surface area (Å²) in [6.07, 6.45) is 1.34. The Morgan fingerprint density at radius 3 is 2.67 bits per heavy atom. The fourth-order valence-corrected chi connectivity index (χ4v) is 4.79. The molecule has 172 valence electrons. The molecule has 11 heteroatoms. The van der Waals surface area contributed by atoms with Gasteiger partial charge in [0.1, 0.15) is 5.83 Å². The van der Waals surface area contributed by atoms with Crippen molar-refractivity contribution in [1.82, 2.24) is 29.5 Å². The Morgan fingerprint density at radius 2 is 2.00 bits per heavy atom. The number of nitrogens with two attached hydrogens (primary N) is 1. The summed E-state index contributed by atoms with van der Waals surface area (Å²) in [5, 5.41) is 15.0. The molecule has 0 aliphatic rings. The fraction of sp³-hybridized carbons (Fsp3) is 0.227. The van der Waals surface area contributed by atoms with E-state index < -0.39 is 10.0 Å². The molecule has 0 unspecified atom stereocenters. The summed E-state index contributed by atoms with van der Waals surface area (Å²) in [6, 6.07) is 12.3. The van der Waals surface area contributed by atoms with Gasteiger partial charge in [0.15, 0.2) is 0 Å². The van der Waals surface area contributed by atoms with Gasteiger partial charge in [-0.05, 0) is 54.1 Å². The van der Waals surface area contributed by atoms with Crippen LogP contribution in [0.2, 0.25) is 0 Å². The van der Waals surface area contributed by atoms with E-state index in [1.807, 2.05) is 35.8 Å². The van der Waals surface area contributed by atoms with Crippen molar-refractivity contribution in [3.63, 3.8) is 0 Å². The van der Waals surface area contributed by atoms with Gasteiger partial charge < -0.3 is 10.3 Å². The maximum atomic E-state index is 14.5. The molecule has 3 N–H and O–H groups in total. The summed E-state index contributed by atoms with van der Waals surface area (Å²) in [5.41, 5.74) is 9.28. The largest absolute Gasteiger partial charge is 0.337 e. The number of sulfonamides is 1. The lowest BCUT2D eigenvalue weighted by Gasteiger charge is -2.13. The zero-order valence-corrected chi connectivity index (χ0v) is 19.3. The van der Waals surface area contributed by atoms with Crippen LogP contribution in [0.5, 0.6) is 0 Å². The first-order valence-corrected chi connectivity index (χ1v) is 11.6. The lowest BCUT2D eigenvalue weighted by molar-refractivity contribution is 0.521. The van der Waals surface area contributed by atoms with Gasteiger partial charge in [0.05, 0.1) is 11.4 Å². The van der Waals surface area contributed by atoms with Crippen LogP contribution in [0.15, 0.2) is 59.3 Å². The van der Waals surface area contributed by atoms with Gasteiger partial charge in [-0.15, -0.1) is 10.2 Å². The number of aromatic nitrogens is 5. The van der Waals surface area contributed by atoms with E-state index >= 15 is 0 Å². The van der Waals surface area contributed by atoms with Crippen LogP contribution in [0.1, 0.15) is 5.69 Å². The number of rotatable bonds is 7. The number of allylic oxidation sites excluding steroid dienone is 1. The summed E-state index contributed by atoms with van der Waals surface area (Å²) in [5.74, 6) is 0.0710. The molecule has 0 amide bonds. The van der Waals surface area contributed by atoms with E-state index in [-0.39, 0.29) is 23.8 Å². The Kier molecular flexibility index (Phi) is 6.11. The fourth-order valence-electron chi connectivity index (χ4n) is 3.84.